The van der Waals surface area contributed by atoms with Crippen molar-refractivity contribution in [3.05, 3.63) is 12.2 Å². The molecule has 0 aliphatic carbocycles. The third-order valence-corrected chi connectivity index (χ3v) is 4.33. The molecule has 6 nitrogen and oxygen atoms in total. The first kappa shape index (κ1) is 16.5. The zero-order valence-corrected chi connectivity index (χ0v) is 12.9. The standard InChI is InChI=1S/C16H23NO5/c1-11-5-2-3-6-12(9-14(18)19)15(20)17-8-4-7-13(17)10-22-16(11)21/h2-3,11-13H,4-10H2,1H3,(H,18,19)/t11-,12-,13-/m0/s1. The van der Waals surface area contributed by atoms with Gasteiger partial charge < -0.3 is 14.7 Å². The second-order valence-corrected chi connectivity index (χ2v) is 6.10. The number of nitrogens with zero attached hydrogens (tertiary/aromatic N) is 1. The highest BCUT2D eigenvalue weighted by Gasteiger charge is 2.34. The van der Waals surface area contributed by atoms with E-state index in [4.69, 9.17) is 9.84 Å². The van der Waals surface area contributed by atoms with Crippen LogP contribution >= 0.6 is 0 Å². The molecule has 0 aromatic heterocycles. The third-order valence-electron chi connectivity index (χ3n) is 4.33. The van der Waals surface area contributed by atoms with E-state index < -0.39 is 11.9 Å². The van der Waals surface area contributed by atoms with Crippen LogP contribution < -0.4 is 0 Å². The van der Waals surface area contributed by atoms with Crippen molar-refractivity contribution in [2.24, 2.45) is 11.8 Å². The van der Waals surface area contributed by atoms with E-state index in [1.165, 1.54) is 0 Å². The Kier molecular flexibility index (Phi) is 5.57. The van der Waals surface area contributed by atoms with Crippen molar-refractivity contribution in [3.8, 4) is 0 Å². The number of hydrogen-bond acceptors (Lipinski definition) is 4. The molecule has 0 spiro atoms. The number of cyclic esters (lactones) is 1. The van der Waals surface area contributed by atoms with Crippen LogP contribution in [0.25, 0.3) is 0 Å². The Hall–Kier alpha value is -1.85. The average Bonchev–Trinajstić information content (AvgIpc) is 2.93. The zero-order valence-electron chi connectivity index (χ0n) is 12.9. The number of amides is 1. The molecule has 22 heavy (non-hydrogen) atoms. The molecule has 2 rings (SSSR count). The fourth-order valence-electron chi connectivity index (χ4n) is 2.99. The van der Waals surface area contributed by atoms with Crippen LogP contribution in [0.2, 0.25) is 0 Å². The predicted octanol–water partition coefficient (Wildman–Crippen LogP) is 1.60. The van der Waals surface area contributed by atoms with E-state index >= 15 is 0 Å². The maximum absolute atomic E-state index is 12.6. The number of hydrogen-bond donors (Lipinski definition) is 1. The Morgan fingerprint density at radius 1 is 1.36 bits per heavy atom. The van der Waals surface area contributed by atoms with E-state index in [1.54, 1.807) is 4.90 Å². The third kappa shape index (κ3) is 4.08. The topological polar surface area (TPSA) is 83.9 Å². The molecule has 1 N–H and O–H groups in total. The summed E-state index contributed by atoms with van der Waals surface area (Å²) >= 11 is 0. The molecule has 122 valence electrons. The lowest BCUT2D eigenvalue weighted by Crippen LogP contribution is -2.43. The van der Waals surface area contributed by atoms with E-state index in [0.717, 1.165) is 12.8 Å². The molecule has 2 aliphatic heterocycles. The Morgan fingerprint density at radius 3 is 2.82 bits per heavy atom. The van der Waals surface area contributed by atoms with Crippen molar-refractivity contribution >= 4 is 17.8 Å². The summed E-state index contributed by atoms with van der Waals surface area (Å²) in [5, 5.41) is 9.03. The van der Waals surface area contributed by atoms with Gasteiger partial charge in [0.15, 0.2) is 0 Å². The Bertz CT molecular complexity index is 473. The normalized spacial score (nSPS) is 30.2. The van der Waals surface area contributed by atoms with E-state index in [1.807, 2.05) is 19.1 Å². The van der Waals surface area contributed by atoms with Gasteiger partial charge in [0, 0.05) is 6.54 Å². The molecule has 1 fully saturated rings. The number of fused-ring (bicyclic) bond motifs is 1. The van der Waals surface area contributed by atoms with Gasteiger partial charge in [-0.3, -0.25) is 14.4 Å². The van der Waals surface area contributed by atoms with Gasteiger partial charge >= 0.3 is 11.9 Å². The van der Waals surface area contributed by atoms with Gasteiger partial charge in [-0.2, -0.15) is 0 Å². The van der Waals surface area contributed by atoms with E-state index in [2.05, 4.69) is 0 Å². The first-order chi connectivity index (χ1) is 10.5. The number of aliphatic carboxylic acids is 1. The van der Waals surface area contributed by atoms with Crippen LogP contribution in [0.15, 0.2) is 12.2 Å². The van der Waals surface area contributed by atoms with Crippen LogP contribution in [0, 0.1) is 11.8 Å². The summed E-state index contributed by atoms with van der Waals surface area (Å²) in [6.45, 7) is 2.62. The minimum Gasteiger partial charge on any atom is -0.481 e. The molecule has 2 aliphatic rings. The summed E-state index contributed by atoms with van der Waals surface area (Å²) in [7, 11) is 0. The summed E-state index contributed by atoms with van der Waals surface area (Å²) in [6, 6.07) is -0.122. The first-order valence-corrected chi connectivity index (χ1v) is 7.83. The van der Waals surface area contributed by atoms with Crippen molar-refractivity contribution in [3.63, 3.8) is 0 Å². The van der Waals surface area contributed by atoms with Crippen LogP contribution in [0.1, 0.15) is 39.0 Å². The number of rotatable bonds is 2. The fourth-order valence-corrected chi connectivity index (χ4v) is 2.99. The summed E-state index contributed by atoms with van der Waals surface area (Å²) in [4.78, 5) is 37.2. The number of carboxylic acid groups (broad SMARTS) is 1. The second kappa shape index (κ2) is 7.42. The van der Waals surface area contributed by atoms with Crippen molar-refractivity contribution < 1.29 is 24.2 Å². The molecule has 2 heterocycles. The molecule has 3 atom stereocenters. The number of carbonyl (C=O) groups is 3. The largest absolute Gasteiger partial charge is 0.481 e. The van der Waals surface area contributed by atoms with Gasteiger partial charge in [0.1, 0.15) is 6.61 Å². The van der Waals surface area contributed by atoms with Crippen LogP contribution in [0.5, 0.6) is 0 Å². The molecule has 0 aromatic carbocycles. The molecule has 0 bridgehead atoms. The second-order valence-electron chi connectivity index (χ2n) is 6.10. The molecule has 0 saturated carbocycles. The Labute approximate surface area is 130 Å². The molecular weight excluding hydrogens is 286 g/mol. The maximum atomic E-state index is 12.6. The summed E-state index contributed by atoms with van der Waals surface area (Å²) in [6.07, 6.45) is 6.07. The minimum atomic E-state index is -0.964. The van der Waals surface area contributed by atoms with E-state index in [-0.39, 0.29) is 36.9 Å². The number of allylic oxidation sites excluding steroid dienone is 2. The van der Waals surface area contributed by atoms with Crippen LogP contribution in [-0.4, -0.2) is 47.0 Å². The molecule has 1 amide bonds. The van der Waals surface area contributed by atoms with Crippen LogP contribution in [0.3, 0.4) is 0 Å². The van der Waals surface area contributed by atoms with Gasteiger partial charge in [-0.1, -0.05) is 19.1 Å². The van der Waals surface area contributed by atoms with Gasteiger partial charge in [0.25, 0.3) is 0 Å². The lowest BCUT2D eigenvalue weighted by molar-refractivity contribution is -0.152. The first-order valence-electron chi connectivity index (χ1n) is 7.83. The molecule has 0 aromatic rings. The lowest BCUT2D eigenvalue weighted by Gasteiger charge is -2.28. The van der Waals surface area contributed by atoms with Crippen molar-refractivity contribution in [1.82, 2.24) is 4.90 Å². The molecule has 6 heteroatoms. The van der Waals surface area contributed by atoms with Gasteiger partial charge in [0.05, 0.1) is 24.3 Å². The van der Waals surface area contributed by atoms with Gasteiger partial charge in [-0.05, 0) is 25.7 Å². The van der Waals surface area contributed by atoms with Gasteiger partial charge in [0.2, 0.25) is 5.91 Å². The SMILES string of the molecule is C[C@H]1CC=CC[C@@H](CC(=O)O)C(=O)N2CCC[C@H]2COC1=O. The van der Waals surface area contributed by atoms with Gasteiger partial charge in [-0.25, -0.2) is 0 Å². The number of esters is 1. The highest BCUT2D eigenvalue weighted by Crippen LogP contribution is 2.24. The van der Waals surface area contributed by atoms with Crippen molar-refractivity contribution in [2.45, 2.75) is 45.1 Å². The van der Waals surface area contributed by atoms with E-state index in [0.29, 0.717) is 19.4 Å². The highest BCUT2D eigenvalue weighted by atomic mass is 16.5. The van der Waals surface area contributed by atoms with Crippen LogP contribution in [0.4, 0.5) is 0 Å². The average molecular weight is 309 g/mol. The molecule has 0 radical (unpaired) electrons. The summed E-state index contributed by atoms with van der Waals surface area (Å²) < 4.78 is 5.32. The molecule has 0 unspecified atom stereocenters. The van der Waals surface area contributed by atoms with Crippen LogP contribution in [-0.2, 0) is 19.1 Å². The quantitative estimate of drug-likeness (QED) is 0.618. The molecular formula is C16H23NO5. The fraction of sp³-hybridized carbons (Fsp3) is 0.688. The Morgan fingerprint density at radius 2 is 2.09 bits per heavy atom. The Balaban J connectivity index is 2.18. The maximum Gasteiger partial charge on any atom is 0.309 e. The smallest absolute Gasteiger partial charge is 0.309 e. The molecule has 1 saturated heterocycles. The van der Waals surface area contributed by atoms with E-state index in [9.17, 15) is 14.4 Å². The summed E-state index contributed by atoms with van der Waals surface area (Å²) in [5.41, 5.74) is 0. The van der Waals surface area contributed by atoms with Crippen molar-refractivity contribution in [2.75, 3.05) is 13.2 Å². The predicted molar refractivity (Wildman–Crippen MR) is 79.0 cm³/mol. The monoisotopic (exact) mass is 309 g/mol. The van der Waals surface area contributed by atoms with Gasteiger partial charge in [-0.15, -0.1) is 0 Å². The number of ether oxygens (including phenoxy) is 1. The zero-order chi connectivity index (χ0) is 16.1. The lowest BCUT2D eigenvalue weighted by atomic mass is 9.97. The highest BCUT2D eigenvalue weighted by molar-refractivity contribution is 5.84. The number of carbonyl (C=O) groups excluding carboxylic acids is 2. The van der Waals surface area contributed by atoms with Crippen molar-refractivity contribution in [1.29, 1.82) is 0 Å². The summed E-state index contributed by atoms with van der Waals surface area (Å²) in [5.74, 6) is -2.11. The number of carboxylic acids is 1. The minimum absolute atomic E-state index is 0.122.